The summed E-state index contributed by atoms with van der Waals surface area (Å²) >= 11 is 1.09. The number of aliphatic hydroxyl groups is 2. The summed E-state index contributed by atoms with van der Waals surface area (Å²) < 4.78 is 64.0. The quantitative estimate of drug-likeness (QED) is 0.691. The van der Waals surface area contributed by atoms with Crippen molar-refractivity contribution in [3.8, 4) is 0 Å². The summed E-state index contributed by atoms with van der Waals surface area (Å²) in [5, 5.41) is 23.7. The Morgan fingerprint density at radius 3 is 2.59 bits per heavy atom. The van der Waals surface area contributed by atoms with Crippen molar-refractivity contribution in [3.63, 3.8) is 0 Å². The Balaban J connectivity index is 2.13. The number of benzene rings is 1. The van der Waals surface area contributed by atoms with Crippen LogP contribution in [0.25, 0.3) is 0 Å². The van der Waals surface area contributed by atoms with Crippen LogP contribution in [0.2, 0.25) is 0 Å². The molecule has 146 valence electrons. The standard InChI is InChI=1S/C16H14F3NO5S2/c1-15(23,16(17,18)19)14(22)20-9-3-2-4-10-11(9)12(21)13-8(5-6-26-13)7-27(10,24)25/h2-6,12,21,23H,7H2,1H3,(H,20,22)/t12?,15-/m0/s1. The van der Waals surface area contributed by atoms with Gasteiger partial charge in [0.2, 0.25) is 5.60 Å². The maximum absolute atomic E-state index is 12.9. The van der Waals surface area contributed by atoms with Crippen LogP contribution in [-0.2, 0) is 20.4 Å². The molecule has 0 saturated carbocycles. The molecule has 6 nitrogen and oxygen atoms in total. The van der Waals surface area contributed by atoms with E-state index >= 15 is 0 Å². The van der Waals surface area contributed by atoms with E-state index in [2.05, 4.69) is 0 Å². The van der Waals surface area contributed by atoms with Crippen molar-refractivity contribution in [1.82, 2.24) is 0 Å². The van der Waals surface area contributed by atoms with Gasteiger partial charge in [0.05, 0.1) is 10.6 Å². The van der Waals surface area contributed by atoms with Crippen molar-refractivity contribution < 1.29 is 36.6 Å². The van der Waals surface area contributed by atoms with E-state index < -0.39 is 33.6 Å². The van der Waals surface area contributed by atoms with Crippen LogP contribution in [0.15, 0.2) is 34.5 Å². The van der Waals surface area contributed by atoms with Crippen LogP contribution in [0.5, 0.6) is 0 Å². The third-order valence-corrected chi connectivity index (χ3v) is 7.02. The number of hydrogen-bond donors (Lipinski definition) is 3. The topological polar surface area (TPSA) is 104 Å². The number of thiophene rings is 1. The molecule has 1 aromatic heterocycles. The van der Waals surface area contributed by atoms with Gasteiger partial charge in [0.15, 0.2) is 9.84 Å². The monoisotopic (exact) mass is 421 g/mol. The first-order chi connectivity index (χ1) is 12.4. The molecular weight excluding hydrogens is 407 g/mol. The summed E-state index contributed by atoms with van der Waals surface area (Å²) in [5.74, 6) is -2.17. The minimum atomic E-state index is -5.24. The van der Waals surface area contributed by atoms with E-state index in [0.29, 0.717) is 10.4 Å². The van der Waals surface area contributed by atoms with Crippen molar-refractivity contribution in [1.29, 1.82) is 0 Å². The van der Waals surface area contributed by atoms with Crippen molar-refractivity contribution in [2.75, 3.05) is 5.32 Å². The molecular formula is C16H14F3NO5S2. The van der Waals surface area contributed by atoms with Gasteiger partial charge in [-0.05, 0) is 36.1 Å². The number of carbonyl (C=O) groups is 1. The van der Waals surface area contributed by atoms with E-state index in [0.717, 1.165) is 11.3 Å². The van der Waals surface area contributed by atoms with Gasteiger partial charge in [-0.15, -0.1) is 11.3 Å². The Labute approximate surface area is 156 Å². The van der Waals surface area contributed by atoms with Gasteiger partial charge in [-0.3, -0.25) is 4.79 Å². The molecule has 3 N–H and O–H groups in total. The van der Waals surface area contributed by atoms with E-state index in [1.165, 1.54) is 18.2 Å². The van der Waals surface area contributed by atoms with Gasteiger partial charge < -0.3 is 15.5 Å². The highest BCUT2D eigenvalue weighted by Crippen LogP contribution is 2.42. The highest BCUT2D eigenvalue weighted by atomic mass is 32.2. The van der Waals surface area contributed by atoms with Gasteiger partial charge in [0, 0.05) is 16.1 Å². The summed E-state index contributed by atoms with van der Waals surface area (Å²) in [4.78, 5) is 12.0. The average molecular weight is 421 g/mol. The Kier molecular flexibility index (Phi) is 4.62. The highest BCUT2D eigenvalue weighted by Gasteiger charge is 2.56. The highest BCUT2D eigenvalue weighted by molar-refractivity contribution is 7.90. The molecule has 11 heteroatoms. The van der Waals surface area contributed by atoms with Gasteiger partial charge in [-0.2, -0.15) is 13.2 Å². The summed E-state index contributed by atoms with van der Waals surface area (Å²) in [6.07, 6.45) is -6.70. The van der Waals surface area contributed by atoms with Crippen LogP contribution in [0.1, 0.15) is 29.0 Å². The number of anilines is 1. The van der Waals surface area contributed by atoms with Gasteiger partial charge in [0.25, 0.3) is 5.91 Å². The van der Waals surface area contributed by atoms with E-state index in [9.17, 15) is 36.6 Å². The third-order valence-electron chi connectivity index (χ3n) is 4.29. The Morgan fingerprint density at radius 2 is 1.96 bits per heavy atom. The predicted octanol–water partition coefficient (Wildman–Crippen LogP) is 2.37. The fraction of sp³-hybridized carbons (Fsp3) is 0.312. The minimum Gasteiger partial charge on any atom is -0.383 e. The summed E-state index contributed by atoms with van der Waals surface area (Å²) in [5.41, 5.74) is -3.87. The number of sulfone groups is 1. The summed E-state index contributed by atoms with van der Waals surface area (Å²) in [6.45, 7) is 0.286. The number of aliphatic hydroxyl groups excluding tert-OH is 1. The largest absolute Gasteiger partial charge is 0.426 e. The maximum Gasteiger partial charge on any atom is 0.426 e. The van der Waals surface area contributed by atoms with E-state index in [1.807, 2.05) is 5.32 Å². The molecule has 0 radical (unpaired) electrons. The second-order valence-electron chi connectivity index (χ2n) is 6.21. The van der Waals surface area contributed by atoms with Gasteiger partial charge in [-0.1, -0.05) is 6.07 Å². The SMILES string of the molecule is C[C@](O)(C(=O)Nc1cccc2c1C(O)c1sccc1CS2(=O)=O)C(F)(F)F. The lowest BCUT2D eigenvalue weighted by molar-refractivity contribution is -0.242. The molecule has 3 rings (SSSR count). The number of alkyl halides is 3. The fourth-order valence-corrected chi connectivity index (χ4v) is 5.37. The van der Waals surface area contributed by atoms with Crippen molar-refractivity contribution in [3.05, 3.63) is 45.6 Å². The molecule has 0 bridgehead atoms. The fourth-order valence-electron chi connectivity index (χ4n) is 2.70. The second-order valence-corrected chi connectivity index (χ2v) is 9.12. The molecule has 0 aliphatic carbocycles. The molecule has 0 saturated heterocycles. The van der Waals surface area contributed by atoms with Gasteiger partial charge in [-0.25, -0.2) is 8.42 Å². The molecule has 2 heterocycles. The normalized spacial score (nSPS) is 20.7. The van der Waals surface area contributed by atoms with Gasteiger partial charge in [0.1, 0.15) is 6.10 Å². The number of fused-ring (bicyclic) bond motifs is 2. The van der Waals surface area contributed by atoms with Crippen LogP contribution in [0, 0.1) is 0 Å². The zero-order valence-corrected chi connectivity index (χ0v) is 15.4. The first-order valence-electron chi connectivity index (χ1n) is 7.57. The first kappa shape index (κ1) is 19.8. The van der Waals surface area contributed by atoms with Crippen molar-refractivity contribution in [2.45, 2.75) is 35.5 Å². The molecule has 1 aliphatic rings. The lowest BCUT2D eigenvalue weighted by Gasteiger charge is -2.26. The van der Waals surface area contributed by atoms with Crippen molar-refractivity contribution >= 4 is 32.8 Å². The summed E-state index contributed by atoms with van der Waals surface area (Å²) in [7, 11) is -3.91. The van der Waals surface area contributed by atoms with Crippen LogP contribution >= 0.6 is 11.3 Å². The Bertz CT molecular complexity index is 1010. The van der Waals surface area contributed by atoms with Gasteiger partial charge >= 0.3 is 6.18 Å². The van der Waals surface area contributed by atoms with Crippen molar-refractivity contribution in [2.24, 2.45) is 0 Å². The second kappa shape index (κ2) is 6.30. The average Bonchev–Trinajstić information content (AvgIpc) is 2.97. The molecule has 27 heavy (non-hydrogen) atoms. The van der Waals surface area contributed by atoms with Crippen LogP contribution < -0.4 is 5.32 Å². The molecule has 0 fully saturated rings. The molecule has 1 unspecified atom stereocenters. The lowest BCUT2D eigenvalue weighted by Crippen LogP contribution is -2.52. The first-order valence-corrected chi connectivity index (χ1v) is 10.1. The molecule has 2 aromatic rings. The molecule has 2 atom stereocenters. The van der Waals surface area contributed by atoms with E-state index in [-0.39, 0.29) is 28.8 Å². The maximum atomic E-state index is 12.9. The number of rotatable bonds is 2. The molecule has 1 amide bonds. The predicted molar refractivity (Wildman–Crippen MR) is 91.0 cm³/mol. The number of hydrogen-bond acceptors (Lipinski definition) is 6. The van der Waals surface area contributed by atoms with E-state index in [4.69, 9.17) is 0 Å². The lowest BCUT2D eigenvalue weighted by atomic mass is 10.0. The molecule has 0 spiro atoms. The number of carbonyl (C=O) groups excluding carboxylic acids is 1. The molecule has 1 aromatic carbocycles. The van der Waals surface area contributed by atoms with Crippen LogP contribution in [0.4, 0.5) is 18.9 Å². The number of halogens is 3. The van der Waals surface area contributed by atoms with E-state index in [1.54, 1.807) is 11.4 Å². The third kappa shape index (κ3) is 3.24. The summed E-state index contributed by atoms with van der Waals surface area (Å²) in [6, 6.07) is 5.16. The number of nitrogens with one attached hydrogen (secondary N) is 1. The Hall–Kier alpha value is -1.95. The zero-order valence-electron chi connectivity index (χ0n) is 13.7. The Morgan fingerprint density at radius 1 is 1.30 bits per heavy atom. The zero-order chi connectivity index (χ0) is 20.2. The van der Waals surface area contributed by atoms with Crippen LogP contribution in [-0.4, -0.2) is 36.3 Å². The number of amides is 1. The van der Waals surface area contributed by atoms with Crippen LogP contribution in [0.3, 0.4) is 0 Å². The smallest absolute Gasteiger partial charge is 0.383 e. The minimum absolute atomic E-state index is 0.231. The molecule has 1 aliphatic heterocycles.